The monoisotopic (exact) mass is 262 g/mol. The highest BCUT2D eigenvalue weighted by atomic mass is 79.9. The first kappa shape index (κ1) is 11.1. The largest absolute Gasteiger partial charge is 0.268 e. The second kappa shape index (κ2) is 5.05. The van der Waals surface area contributed by atoms with Crippen LogP contribution in [-0.4, -0.2) is 15.5 Å². The van der Waals surface area contributed by atoms with Crippen LogP contribution < -0.4 is 0 Å². The summed E-state index contributed by atoms with van der Waals surface area (Å²) in [5.74, 6) is 0.959. The van der Waals surface area contributed by atoms with Crippen LogP contribution in [0.5, 0.6) is 0 Å². The quantitative estimate of drug-likeness (QED) is 0.653. The number of thiol groups is 1. The zero-order chi connectivity index (χ0) is 9.84. The van der Waals surface area contributed by atoms with Crippen molar-refractivity contribution in [2.24, 2.45) is 0 Å². The first-order valence-electron chi connectivity index (χ1n) is 4.47. The third-order valence-corrected chi connectivity index (χ3v) is 3.54. The summed E-state index contributed by atoms with van der Waals surface area (Å²) in [4.78, 5) is 0. The van der Waals surface area contributed by atoms with Crippen molar-refractivity contribution in [1.82, 2.24) is 9.78 Å². The summed E-state index contributed by atoms with van der Waals surface area (Å²) in [6.07, 6.45) is 2.30. The van der Waals surface area contributed by atoms with Gasteiger partial charge < -0.3 is 0 Å². The van der Waals surface area contributed by atoms with Gasteiger partial charge in [-0.15, -0.1) is 0 Å². The van der Waals surface area contributed by atoms with Crippen molar-refractivity contribution in [3.8, 4) is 0 Å². The standard InChI is InChI=1S/C9H15BrN2S/c1-7-9(10)8(2)12(11-7)5-3-4-6-13/h13H,3-6H2,1-2H3. The molecule has 2 nitrogen and oxygen atoms in total. The Morgan fingerprint density at radius 2 is 2.08 bits per heavy atom. The summed E-state index contributed by atoms with van der Waals surface area (Å²) in [6.45, 7) is 5.11. The highest BCUT2D eigenvalue weighted by Crippen LogP contribution is 2.19. The van der Waals surface area contributed by atoms with E-state index in [-0.39, 0.29) is 0 Å². The molecule has 1 aromatic rings. The summed E-state index contributed by atoms with van der Waals surface area (Å²) in [5, 5.41) is 4.43. The number of unbranched alkanes of at least 4 members (excludes halogenated alkanes) is 1. The lowest BCUT2D eigenvalue weighted by atomic mass is 10.3. The van der Waals surface area contributed by atoms with E-state index in [9.17, 15) is 0 Å². The zero-order valence-electron chi connectivity index (χ0n) is 8.05. The first-order valence-corrected chi connectivity index (χ1v) is 5.89. The Kier molecular flexibility index (Phi) is 4.32. The molecule has 0 aliphatic carbocycles. The summed E-state index contributed by atoms with van der Waals surface area (Å²) in [5.41, 5.74) is 2.29. The van der Waals surface area contributed by atoms with Gasteiger partial charge in [-0.1, -0.05) is 0 Å². The molecule has 0 bridgehead atoms. The van der Waals surface area contributed by atoms with Crippen LogP contribution in [0.15, 0.2) is 4.47 Å². The van der Waals surface area contributed by atoms with Crippen molar-refractivity contribution in [1.29, 1.82) is 0 Å². The summed E-state index contributed by atoms with van der Waals surface area (Å²) in [7, 11) is 0. The highest BCUT2D eigenvalue weighted by Gasteiger charge is 2.07. The molecule has 1 rings (SSSR count). The second-order valence-electron chi connectivity index (χ2n) is 3.14. The van der Waals surface area contributed by atoms with Crippen LogP contribution in [0.25, 0.3) is 0 Å². The lowest BCUT2D eigenvalue weighted by molar-refractivity contribution is 0.558. The summed E-state index contributed by atoms with van der Waals surface area (Å²) < 4.78 is 3.20. The molecule has 0 radical (unpaired) electrons. The van der Waals surface area contributed by atoms with Gasteiger partial charge in [-0.05, 0) is 48.4 Å². The first-order chi connectivity index (χ1) is 6.16. The second-order valence-corrected chi connectivity index (χ2v) is 4.38. The highest BCUT2D eigenvalue weighted by molar-refractivity contribution is 9.10. The Morgan fingerprint density at radius 3 is 2.54 bits per heavy atom. The predicted molar refractivity (Wildman–Crippen MR) is 62.5 cm³/mol. The number of halogens is 1. The fourth-order valence-corrected chi connectivity index (χ4v) is 1.77. The normalized spacial score (nSPS) is 10.8. The van der Waals surface area contributed by atoms with E-state index >= 15 is 0 Å². The van der Waals surface area contributed by atoms with E-state index in [1.54, 1.807) is 0 Å². The van der Waals surface area contributed by atoms with E-state index in [1.807, 2.05) is 6.92 Å². The molecule has 0 N–H and O–H groups in total. The molecule has 0 amide bonds. The molecule has 0 aromatic carbocycles. The molecule has 0 unspecified atom stereocenters. The van der Waals surface area contributed by atoms with Crippen LogP contribution in [0.3, 0.4) is 0 Å². The Bertz CT molecular complexity index is 283. The van der Waals surface area contributed by atoms with Gasteiger partial charge in [-0.3, -0.25) is 4.68 Å². The van der Waals surface area contributed by atoms with Crippen LogP contribution in [0.2, 0.25) is 0 Å². The summed E-state index contributed by atoms with van der Waals surface area (Å²) in [6, 6.07) is 0. The van der Waals surface area contributed by atoms with Crippen molar-refractivity contribution >= 4 is 28.6 Å². The van der Waals surface area contributed by atoms with Gasteiger partial charge in [0.1, 0.15) is 0 Å². The average molecular weight is 263 g/mol. The van der Waals surface area contributed by atoms with Gasteiger partial charge in [-0.25, -0.2) is 0 Å². The summed E-state index contributed by atoms with van der Waals surface area (Å²) >= 11 is 7.69. The molecule has 74 valence electrons. The van der Waals surface area contributed by atoms with E-state index in [4.69, 9.17) is 0 Å². The van der Waals surface area contributed by atoms with Crippen molar-refractivity contribution in [2.45, 2.75) is 33.2 Å². The topological polar surface area (TPSA) is 17.8 Å². The third-order valence-electron chi connectivity index (χ3n) is 2.07. The number of hydrogen-bond donors (Lipinski definition) is 1. The maximum atomic E-state index is 4.43. The maximum Gasteiger partial charge on any atom is 0.0738 e. The van der Waals surface area contributed by atoms with E-state index in [0.717, 1.165) is 35.3 Å². The smallest absolute Gasteiger partial charge is 0.0738 e. The van der Waals surface area contributed by atoms with Gasteiger partial charge in [0.05, 0.1) is 10.2 Å². The van der Waals surface area contributed by atoms with Gasteiger partial charge in [0.15, 0.2) is 0 Å². The van der Waals surface area contributed by atoms with E-state index in [0.29, 0.717) is 0 Å². The Balaban J connectivity index is 2.61. The van der Waals surface area contributed by atoms with Crippen molar-refractivity contribution < 1.29 is 0 Å². The van der Waals surface area contributed by atoms with Crippen LogP contribution >= 0.6 is 28.6 Å². The van der Waals surface area contributed by atoms with Gasteiger partial charge in [-0.2, -0.15) is 17.7 Å². The van der Waals surface area contributed by atoms with Crippen molar-refractivity contribution in [2.75, 3.05) is 5.75 Å². The molecule has 13 heavy (non-hydrogen) atoms. The average Bonchev–Trinajstić information content (AvgIpc) is 2.34. The van der Waals surface area contributed by atoms with Crippen molar-refractivity contribution in [3.63, 3.8) is 0 Å². The fraction of sp³-hybridized carbons (Fsp3) is 0.667. The Labute approximate surface area is 93.3 Å². The SMILES string of the molecule is Cc1nn(CCCCS)c(C)c1Br. The molecular formula is C9H15BrN2S. The molecule has 4 heteroatoms. The van der Waals surface area contributed by atoms with Gasteiger partial charge in [0, 0.05) is 12.2 Å². The lowest BCUT2D eigenvalue weighted by Gasteiger charge is -2.02. The maximum absolute atomic E-state index is 4.43. The van der Waals surface area contributed by atoms with Crippen LogP contribution in [0, 0.1) is 13.8 Å². The number of hydrogen-bond acceptors (Lipinski definition) is 2. The van der Waals surface area contributed by atoms with E-state index in [2.05, 4.69) is 45.3 Å². The molecule has 1 aromatic heterocycles. The molecule has 0 atom stereocenters. The lowest BCUT2D eigenvalue weighted by Crippen LogP contribution is -2.02. The van der Waals surface area contributed by atoms with Crippen LogP contribution in [0.1, 0.15) is 24.2 Å². The number of nitrogens with zero attached hydrogens (tertiary/aromatic N) is 2. The number of rotatable bonds is 4. The molecule has 0 spiro atoms. The van der Waals surface area contributed by atoms with E-state index in [1.165, 1.54) is 5.69 Å². The molecule has 0 saturated heterocycles. The van der Waals surface area contributed by atoms with Crippen molar-refractivity contribution in [3.05, 3.63) is 15.9 Å². The Hall–Kier alpha value is 0.0400. The fourth-order valence-electron chi connectivity index (χ4n) is 1.27. The van der Waals surface area contributed by atoms with E-state index < -0.39 is 0 Å². The number of aryl methyl sites for hydroxylation is 2. The minimum absolute atomic E-state index is 0.959. The number of aromatic nitrogens is 2. The minimum Gasteiger partial charge on any atom is -0.268 e. The predicted octanol–water partition coefficient (Wildman–Crippen LogP) is 2.97. The third kappa shape index (κ3) is 2.74. The molecule has 0 fully saturated rings. The van der Waals surface area contributed by atoms with Crippen LogP contribution in [-0.2, 0) is 6.54 Å². The molecule has 1 heterocycles. The molecule has 0 aliphatic heterocycles. The van der Waals surface area contributed by atoms with Gasteiger partial charge in [0.2, 0.25) is 0 Å². The zero-order valence-corrected chi connectivity index (χ0v) is 10.5. The van der Waals surface area contributed by atoms with Gasteiger partial charge >= 0.3 is 0 Å². The van der Waals surface area contributed by atoms with Crippen LogP contribution in [0.4, 0.5) is 0 Å². The van der Waals surface area contributed by atoms with Gasteiger partial charge in [0.25, 0.3) is 0 Å². The molecule has 0 saturated carbocycles. The molecule has 0 aliphatic rings. The molecular weight excluding hydrogens is 248 g/mol. The minimum atomic E-state index is 0.959. The Morgan fingerprint density at radius 1 is 1.38 bits per heavy atom.